The molecule has 2 aromatic heterocycles. The van der Waals surface area contributed by atoms with Crippen LogP contribution < -0.4 is 5.32 Å². The van der Waals surface area contributed by atoms with Gasteiger partial charge >= 0.3 is 12.4 Å². The van der Waals surface area contributed by atoms with E-state index in [0.717, 1.165) is 18.2 Å². The van der Waals surface area contributed by atoms with Gasteiger partial charge in [0.25, 0.3) is 0 Å². The van der Waals surface area contributed by atoms with E-state index in [1.807, 2.05) is 11.9 Å². The van der Waals surface area contributed by atoms with Crippen molar-refractivity contribution in [2.75, 3.05) is 18.9 Å². The molecule has 1 N–H and O–H groups in total. The molecule has 0 saturated carbocycles. The number of aromatic nitrogens is 3. The molecule has 0 atom stereocenters. The molecule has 0 spiro atoms. The molecule has 0 amide bonds. The average Bonchev–Trinajstić information content (AvgIpc) is 2.83. The number of hydrogen-bond donors (Lipinski definition) is 1. The van der Waals surface area contributed by atoms with Gasteiger partial charge < -0.3 is 5.32 Å². The Morgan fingerprint density at radius 1 is 0.946 bits per heavy atom. The molecule has 11 heteroatoms. The second kappa shape index (κ2) is 10.2. The Morgan fingerprint density at radius 2 is 1.68 bits per heavy atom. The Kier molecular flexibility index (Phi) is 7.17. The van der Waals surface area contributed by atoms with Gasteiger partial charge in [-0.25, -0.2) is 9.97 Å². The number of likely N-dealkylation sites (N-methyl/N-ethyl adjacent to an activating group) is 1. The van der Waals surface area contributed by atoms with Crippen molar-refractivity contribution >= 4 is 22.4 Å². The minimum absolute atomic E-state index is 0.213. The van der Waals surface area contributed by atoms with Gasteiger partial charge in [0.05, 0.1) is 28.9 Å². The lowest BCUT2D eigenvalue weighted by atomic mass is 10.0. The van der Waals surface area contributed by atoms with Gasteiger partial charge in [0.2, 0.25) is 0 Å². The summed E-state index contributed by atoms with van der Waals surface area (Å²) in [5, 5.41) is 3.49. The van der Waals surface area contributed by atoms with Gasteiger partial charge in [-0.05, 0) is 55.6 Å². The number of alkyl halides is 6. The Labute approximate surface area is 208 Å². The van der Waals surface area contributed by atoms with Crippen molar-refractivity contribution in [3.63, 3.8) is 0 Å². The van der Waals surface area contributed by atoms with Crippen LogP contribution in [0.1, 0.15) is 17.0 Å². The summed E-state index contributed by atoms with van der Waals surface area (Å²) in [4.78, 5) is 14.9. The molecule has 0 radical (unpaired) electrons. The molecule has 5 nitrogen and oxygen atoms in total. The van der Waals surface area contributed by atoms with E-state index in [2.05, 4.69) is 26.8 Å². The van der Waals surface area contributed by atoms with E-state index in [0.29, 0.717) is 41.3 Å². The fourth-order valence-electron chi connectivity index (χ4n) is 3.76. The first-order valence-electron chi connectivity index (χ1n) is 11.0. The molecule has 2 aromatic carbocycles. The van der Waals surface area contributed by atoms with E-state index in [-0.39, 0.29) is 11.3 Å². The highest BCUT2D eigenvalue weighted by atomic mass is 19.4. The summed E-state index contributed by atoms with van der Waals surface area (Å²) in [6.45, 7) is 4.52. The summed E-state index contributed by atoms with van der Waals surface area (Å²) < 4.78 is 79.6. The first-order chi connectivity index (χ1) is 17.5. The van der Waals surface area contributed by atoms with Crippen LogP contribution in [0.4, 0.5) is 37.8 Å². The predicted molar refractivity (Wildman–Crippen MR) is 129 cm³/mol. The van der Waals surface area contributed by atoms with Crippen LogP contribution in [-0.2, 0) is 18.9 Å². The molecule has 0 aliphatic heterocycles. The molecule has 0 unspecified atom stereocenters. The van der Waals surface area contributed by atoms with Crippen LogP contribution in [0.2, 0.25) is 0 Å². The highest BCUT2D eigenvalue weighted by Crippen LogP contribution is 2.37. The summed E-state index contributed by atoms with van der Waals surface area (Å²) in [7, 11) is 1.82. The number of fused-ring (bicyclic) bond motifs is 1. The van der Waals surface area contributed by atoms with Crippen LogP contribution in [0.15, 0.2) is 73.4 Å². The number of nitrogens with zero attached hydrogens (tertiary/aromatic N) is 4. The maximum atomic E-state index is 13.6. The first-order valence-corrected chi connectivity index (χ1v) is 11.0. The monoisotopic (exact) mass is 517 g/mol. The molecule has 0 bridgehead atoms. The quantitative estimate of drug-likeness (QED) is 0.210. The smallest absolute Gasteiger partial charge is 0.340 e. The highest BCUT2D eigenvalue weighted by molar-refractivity contribution is 5.93. The van der Waals surface area contributed by atoms with Gasteiger partial charge in [0.15, 0.2) is 0 Å². The molecular weight excluding hydrogens is 496 g/mol. The van der Waals surface area contributed by atoms with Crippen LogP contribution >= 0.6 is 0 Å². The Morgan fingerprint density at radius 3 is 2.32 bits per heavy atom. The van der Waals surface area contributed by atoms with Gasteiger partial charge in [0.1, 0.15) is 11.6 Å². The second-order valence-electron chi connectivity index (χ2n) is 8.30. The minimum Gasteiger partial charge on any atom is -0.340 e. The third-order valence-corrected chi connectivity index (χ3v) is 5.46. The number of pyridine rings is 1. The van der Waals surface area contributed by atoms with Gasteiger partial charge in [0, 0.05) is 29.4 Å². The third-order valence-electron chi connectivity index (χ3n) is 5.46. The lowest BCUT2D eigenvalue weighted by Crippen LogP contribution is -2.19. The molecule has 192 valence electrons. The van der Waals surface area contributed by atoms with Crippen molar-refractivity contribution < 1.29 is 26.3 Å². The molecule has 37 heavy (non-hydrogen) atoms. The highest BCUT2D eigenvalue weighted by Gasteiger charge is 2.34. The SMILES string of the molecule is C=CCN(C)Cc1nc(Nc2ccc(C(F)(F)F)cc2)c2ccc(-c3ncccc3C(F)(F)F)cc2n1. The molecule has 4 rings (SSSR count). The van der Waals surface area contributed by atoms with Crippen LogP contribution in [-0.4, -0.2) is 33.4 Å². The number of anilines is 2. The second-order valence-corrected chi connectivity index (χ2v) is 8.30. The zero-order chi connectivity index (χ0) is 26.8. The maximum absolute atomic E-state index is 13.6. The summed E-state index contributed by atoms with van der Waals surface area (Å²) >= 11 is 0. The number of rotatable bonds is 7. The fourth-order valence-corrected chi connectivity index (χ4v) is 3.76. The van der Waals surface area contributed by atoms with Gasteiger partial charge in [-0.15, -0.1) is 6.58 Å². The van der Waals surface area contributed by atoms with Crippen LogP contribution in [0.25, 0.3) is 22.2 Å². The molecule has 0 aliphatic carbocycles. The number of halogens is 6. The molecule has 0 fully saturated rings. The van der Waals surface area contributed by atoms with Crippen LogP contribution in [0, 0.1) is 0 Å². The van der Waals surface area contributed by atoms with Crippen LogP contribution in [0.3, 0.4) is 0 Å². The summed E-state index contributed by atoms with van der Waals surface area (Å²) in [6, 6.07) is 11.1. The average molecular weight is 517 g/mol. The van der Waals surface area contributed by atoms with E-state index in [4.69, 9.17) is 0 Å². The lowest BCUT2D eigenvalue weighted by Gasteiger charge is -2.17. The molecule has 0 aliphatic rings. The maximum Gasteiger partial charge on any atom is 0.418 e. The Hall–Kier alpha value is -3.99. The normalized spacial score (nSPS) is 12.2. The third kappa shape index (κ3) is 6.05. The Bertz CT molecular complexity index is 1410. The van der Waals surface area contributed by atoms with Crippen molar-refractivity contribution in [3.05, 3.63) is 90.4 Å². The summed E-state index contributed by atoms with van der Waals surface area (Å²) in [6.07, 6.45) is -6.10. The molecule has 2 heterocycles. The summed E-state index contributed by atoms with van der Waals surface area (Å²) in [5.41, 5.74) is -0.993. The fraction of sp³-hybridized carbons (Fsp3) is 0.192. The van der Waals surface area contributed by atoms with Crippen LogP contribution in [0.5, 0.6) is 0 Å². The van der Waals surface area contributed by atoms with Crippen molar-refractivity contribution in [1.29, 1.82) is 0 Å². The topological polar surface area (TPSA) is 53.9 Å². The predicted octanol–water partition coefficient (Wildman–Crippen LogP) is 7.09. The van der Waals surface area contributed by atoms with Gasteiger partial charge in [-0.1, -0.05) is 12.1 Å². The molecule has 4 aromatic rings. The lowest BCUT2D eigenvalue weighted by molar-refractivity contribution is -0.138. The van der Waals surface area contributed by atoms with Gasteiger partial charge in [-0.2, -0.15) is 26.3 Å². The number of nitrogens with one attached hydrogen (secondary N) is 1. The largest absolute Gasteiger partial charge is 0.418 e. The first kappa shape index (κ1) is 26.1. The zero-order valence-corrected chi connectivity index (χ0v) is 19.5. The van der Waals surface area contributed by atoms with Gasteiger partial charge in [-0.3, -0.25) is 9.88 Å². The summed E-state index contributed by atoms with van der Waals surface area (Å²) in [5.74, 6) is 0.663. The Balaban J connectivity index is 1.80. The molecule has 0 saturated heterocycles. The van der Waals surface area contributed by atoms with Crippen molar-refractivity contribution in [3.8, 4) is 11.3 Å². The standard InChI is InChI=1S/C26H21F6N5/c1-3-13-37(2)15-22-35-21-14-16(23-20(26(30,31)32)5-4-12-33-23)6-11-19(21)24(36-22)34-18-9-7-17(8-10-18)25(27,28)29/h3-12,14H,1,13,15H2,2H3,(H,34,35,36). The van der Waals surface area contributed by atoms with E-state index in [1.165, 1.54) is 36.5 Å². The van der Waals surface area contributed by atoms with E-state index in [1.54, 1.807) is 12.1 Å². The zero-order valence-electron chi connectivity index (χ0n) is 19.5. The number of benzene rings is 2. The molecular formula is C26H21F6N5. The van der Waals surface area contributed by atoms with E-state index >= 15 is 0 Å². The van der Waals surface area contributed by atoms with E-state index < -0.39 is 23.5 Å². The van der Waals surface area contributed by atoms with E-state index in [9.17, 15) is 26.3 Å². The minimum atomic E-state index is -4.60. The van der Waals surface area contributed by atoms with Crippen molar-refractivity contribution in [1.82, 2.24) is 19.9 Å². The number of hydrogen-bond acceptors (Lipinski definition) is 5. The van der Waals surface area contributed by atoms with Crippen molar-refractivity contribution in [2.24, 2.45) is 0 Å². The van der Waals surface area contributed by atoms with Crippen molar-refractivity contribution in [2.45, 2.75) is 18.9 Å².